The van der Waals surface area contributed by atoms with E-state index in [9.17, 15) is 14.9 Å². The first-order chi connectivity index (χ1) is 22.9. The van der Waals surface area contributed by atoms with Crippen molar-refractivity contribution in [3.8, 4) is 6.07 Å². The lowest BCUT2D eigenvalue weighted by atomic mass is 9.93. The third-order valence-corrected chi connectivity index (χ3v) is 9.54. The smallest absolute Gasteiger partial charge is 0.407 e. The summed E-state index contributed by atoms with van der Waals surface area (Å²) >= 11 is 0. The van der Waals surface area contributed by atoms with Crippen molar-refractivity contribution in [1.29, 1.82) is 5.26 Å². The van der Waals surface area contributed by atoms with Crippen LogP contribution >= 0.6 is 0 Å². The van der Waals surface area contributed by atoms with E-state index in [1.807, 2.05) is 0 Å². The normalized spacial score (nSPS) is 31.7. The molecule has 0 saturated carbocycles. The highest BCUT2D eigenvalue weighted by molar-refractivity contribution is 5.88. The molecule has 15 heteroatoms. The maximum absolute atomic E-state index is 15.1. The van der Waals surface area contributed by atoms with Gasteiger partial charge in [0.05, 0.1) is 50.0 Å². The fraction of sp³-hybridized carbons (Fsp3) is 0.562. The third-order valence-electron chi connectivity index (χ3n) is 9.54. The molecule has 47 heavy (non-hydrogen) atoms. The Morgan fingerprint density at radius 1 is 1.11 bits per heavy atom. The highest BCUT2D eigenvalue weighted by Crippen LogP contribution is 2.29. The number of allylic oxidation sites excluding steroid dienone is 3. The number of ether oxygens (including phenoxy) is 3. The fourth-order valence-electron chi connectivity index (χ4n) is 6.69. The predicted octanol–water partition coefficient (Wildman–Crippen LogP) is 1.04. The summed E-state index contributed by atoms with van der Waals surface area (Å²) in [6.45, 7) is 5.99. The van der Waals surface area contributed by atoms with Gasteiger partial charge < -0.3 is 29.7 Å². The van der Waals surface area contributed by atoms with Crippen molar-refractivity contribution in [2.24, 2.45) is 5.92 Å². The van der Waals surface area contributed by atoms with Crippen molar-refractivity contribution in [1.82, 2.24) is 35.0 Å². The van der Waals surface area contributed by atoms with Gasteiger partial charge in [0.25, 0.3) is 0 Å². The van der Waals surface area contributed by atoms with Crippen LogP contribution in [0.25, 0.3) is 5.57 Å². The number of nitrogens with one attached hydrogen (secondary N) is 2. The highest BCUT2D eigenvalue weighted by atomic mass is 19.1. The van der Waals surface area contributed by atoms with E-state index in [2.05, 4.69) is 59.7 Å². The lowest BCUT2D eigenvalue weighted by Gasteiger charge is -2.44. The maximum Gasteiger partial charge on any atom is 0.407 e. The van der Waals surface area contributed by atoms with Crippen molar-refractivity contribution in [2.75, 3.05) is 64.4 Å². The van der Waals surface area contributed by atoms with Gasteiger partial charge in [0.15, 0.2) is 5.82 Å². The molecular weight excluding hydrogens is 609 g/mol. The molecule has 0 bridgehead atoms. The van der Waals surface area contributed by atoms with Crippen molar-refractivity contribution in [2.45, 2.75) is 49.3 Å². The molecule has 6 unspecified atom stereocenters. The van der Waals surface area contributed by atoms with Crippen LogP contribution in [0.5, 0.6) is 0 Å². The SMILES string of the molecule is N#CC1C=C(c2ncnc(NC3=CCC(N4CCN(C5COC5)CC4)C=C3)n2)C=CC1OC1CCN(C(=O)C2COC(=O)N2)CC1F. The van der Waals surface area contributed by atoms with E-state index in [1.165, 1.54) is 11.2 Å². The van der Waals surface area contributed by atoms with Crippen LogP contribution in [0.1, 0.15) is 18.7 Å². The molecule has 248 valence electrons. The quantitative estimate of drug-likeness (QED) is 0.414. The largest absolute Gasteiger partial charge is 0.447 e. The molecule has 14 nitrogen and oxygen atoms in total. The summed E-state index contributed by atoms with van der Waals surface area (Å²) in [5.41, 5.74) is 1.55. The first-order valence-corrected chi connectivity index (χ1v) is 16.2. The number of likely N-dealkylation sites (tertiary alicyclic amines) is 1. The molecule has 7 rings (SSSR count). The number of nitrogens with zero attached hydrogens (tertiary/aromatic N) is 7. The van der Waals surface area contributed by atoms with Gasteiger partial charge in [-0.1, -0.05) is 30.4 Å². The number of rotatable bonds is 8. The zero-order chi connectivity index (χ0) is 32.3. The standard InChI is InChI=1S/C32H38FN9O5/c33-25-15-42(30(43)26-18-46-32(44)38-26)8-7-28(25)47-27-6-1-20(13-21(27)14-34)29-35-19-36-31(39-29)37-22-2-4-23(5-3-22)40-9-11-41(12-10-40)24-16-45-17-24/h1-4,6,13,19,21,23-28H,5,7-12,15-18H2,(H,38,44)(H,35,36,37,39). The van der Waals surface area contributed by atoms with Crippen molar-refractivity contribution >= 4 is 23.5 Å². The molecular formula is C32H38FN9O5. The Hall–Kier alpha value is -4.23. The minimum absolute atomic E-state index is 0.0694. The van der Waals surface area contributed by atoms with E-state index in [1.54, 1.807) is 18.2 Å². The van der Waals surface area contributed by atoms with Gasteiger partial charge in [0, 0.05) is 50.0 Å². The van der Waals surface area contributed by atoms with E-state index in [0.29, 0.717) is 29.4 Å². The number of hydrogen-bond acceptors (Lipinski definition) is 12. The molecule has 2 N–H and O–H groups in total. The second-order valence-corrected chi connectivity index (χ2v) is 12.5. The van der Waals surface area contributed by atoms with E-state index in [0.717, 1.165) is 51.5 Å². The average Bonchev–Trinajstić information content (AvgIpc) is 3.51. The zero-order valence-corrected chi connectivity index (χ0v) is 25.9. The molecule has 1 aromatic rings. The monoisotopic (exact) mass is 647 g/mol. The minimum Gasteiger partial charge on any atom is -0.447 e. The second-order valence-electron chi connectivity index (χ2n) is 12.5. The predicted molar refractivity (Wildman–Crippen MR) is 166 cm³/mol. The number of piperazine rings is 1. The van der Waals surface area contributed by atoms with Crippen LogP contribution in [0.4, 0.5) is 15.1 Å². The number of anilines is 1. The molecule has 2 aliphatic carbocycles. The van der Waals surface area contributed by atoms with Gasteiger partial charge in [-0.3, -0.25) is 14.6 Å². The molecule has 2 amide bonds. The highest BCUT2D eigenvalue weighted by Gasteiger charge is 2.39. The van der Waals surface area contributed by atoms with Gasteiger partial charge in [-0.25, -0.2) is 19.2 Å². The average molecular weight is 648 g/mol. The van der Waals surface area contributed by atoms with Gasteiger partial charge in [-0.2, -0.15) is 10.2 Å². The van der Waals surface area contributed by atoms with Gasteiger partial charge in [0.2, 0.25) is 11.9 Å². The van der Waals surface area contributed by atoms with E-state index in [4.69, 9.17) is 14.2 Å². The van der Waals surface area contributed by atoms with Crippen LogP contribution in [-0.2, 0) is 19.0 Å². The summed E-state index contributed by atoms with van der Waals surface area (Å²) < 4.78 is 31.3. The fourth-order valence-corrected chi connectivity index (χ4v) is 6.69. The Kier molecular flexibility index (Phi) is 9.25. The first kappa shape index (κ1) is 31.4. The Morgan fingerprint density at radius 3 is 2.62 bits per heavy atom. The van der Waals surface area contributed by atoms with Crippen molar-refractivity contribution in [3.05, 3.63) is 54.3 Å². The van der Waals surface area contributed by atoms with Gasteiger partial charge >= 0.3 is 6.09 Å². The van der Waals surface area contributed by atoms with Gasteiger partial charge in [-0.05, 0) is 18.9 Å². The summed E-state index contributed by atoms with van der Waals surface area (Å²) in [5, 5.41) is 15.6. The van der Waals surface area contributed by atoms with E-state index < -0.39 is 36.4 Å². The number of halogens is 1. The topological polar surface area (TPSA) is 158 Å². The summed E-state index contributed by atoms with van der Waals surface area (Å²) in [5.74, 6) is -0.269. The van der Waals surface area contributed by atoms with Crippen LogP contribution in [0.15, 0.2) is 48.5 Å². The molecule has 6 aliphatic rings. The number of piperidine rings is 1. The molecule has 5 heterocycles. The van der Waals surface area contributed by atoms with Crippen molar-refractivity contribution in [3.63, 3.8) is 0 Å². The third kappa shape index (κ3) is 7.05. The number of alkyl halides is 1. The number of hydrogen-bond donors (Lipinski definition) is 2. The first-order valence-electron chi connectivity index (χ1n) is 16.2. The lowest BCUT2D eigenvalue weighted by molar-refractivity contribution is -0.140. The van der Waals surface area contributed by atoms with Crippen LogP contribution in [0.3, 0.4) is 0 Å². The van der Waals surface area contributed by atoms with Gasteiger partial charge in [0.1, 0.15) is 25.1 Å². The van der Waals surface area contributed by atoms with Gasteiger partial charge in [-0.15, -0.1) is 0 Å². The van der Waals surface area contributed by atoms with Crippen LogP contribution in [0.2, 0.25) is 0 Å². The summed E-state index contributed by atoms with van der Waals surface area (Å²) in [6.07, 6.45) is 10.7. The summed E-state index contributed by atoms with van der Waals surface area (Å²) in [4.78, 5) is 43.5. The van der Waals surface area contributed by atoms with E-state index in [-0.39, 0.29) is 32.0 Å². The zero-order valence-electron chi connectivity index (χ0n) is 25.9. The number of alkyl carbamates (subject to hydrolysis) is 1. The van der Waals surface area contributed by atoms with Crippen LogP contribution in [-0.4, -0.2) is 137 Å². The summed E-state index contributed by atoms with van der Waals surface area (Å²) in [6, 6.07) is 2.39. The lowest BCUT2D eigenvalue weighted by Crippen LogP contribution is -2.57. The Labute approximate surface area is 271 Å². The number of amides is 2. The van der Waals surface area contributed by atoms with Crippen LogP contribution < -0.4 is 10.6 Å². The molecule has 4 fully saturated rings. The molecule has 4 saturated heterocycles. The second kappa shape index (κ2) is 13.9. The van der Waals surface area contributed by atoms with E-state index >= 15 is 4.39 Å². The Morgan fingerprint density at radius 2 is 1.94 bits per heavy atom. The maximum atomic E-state index is 15.1. The molecule has 0 spiro atoms. The van der Waals surface area contributed by atoms with Crippen molar-refractivity contribution < 1.29 is 28.2 Å². The number of aromatic nitrogens is 3. The molecule has 0 radical (unpaired) electrons. The Balaban J connectivity index is 0.907. The number of carbonyl (C=O) groups excluding carboxylic acids is 2. The summed E-state index contributed by atoms with van der Waals surface area (Å²) in [7, 11) is 0. The molecule has 6 atom stereocenters. The number of carbonyl (C=O) groups is 2. The minimum atomic E-state index is -1.45. The van der Waals surface area contributed by atoms with Crippen LogP contribution in [0, 0.1) is 17.2 Å². The Bertz CT molecular complexity index is 1520. The molecule has 4 aliphatic heterocycles. The number of cyclic esters (lactones) is 1. The number of nitriles is 1. The molecule has 1 aromatic heterocycles. The molecule has 0 aromatic carbocycles.